The van der Waals surface area contributed by atoms with Crippen LogP contribution in [-0.4, -0.2) is 42.9 Å². The monoisotopic (exact) mass is 317 g/mol. The molecule has 0 aromatic heterocycles. The predicted molar refractivity (Wildman–Crippen MR) is 81.5 cm³/mol. The predicted octanol–water partition coefficient (Wildman–Crippen LogP) is 3.92. The van der Waals surface area contributed by atoms with Gasteiger partial charge in [0.2, 0.25) is 0 Å². The van der Waals surface area contributed by atoms with Crippen LogP contribution >= 0.6 is 0 Å². The Morgan fingerprint density at radius 2 is 2.00 bits per heavy atom. The van der Waals surface area contributed by atoms with Crippen LogP contribution in [0, 0.1) is 10.8 Å². The van der Waals surface area contributed by atoms with Crippen molar-refractivity contribution in [1.82, 2.24) is 4.90 Å². The maximum atomic E-state index is 12.8. The highest BCUT2D eigenvalue weighted by molar-refractivity contribution is 5.32. The Bertz CT molecular complexity index is 469. The molecule has 2 nitrogen and oxygen atoms in total. The van der Waals surface area contributed by atoms with Crippen molar-refractivity contribution < 1.29 is 18.3 Å². The molecule has 0 aliphatic heterocycles. The third-order valence-corrected chi connectivity index (χ3v) is 5.43. The molecule has 1 saturated carbocycles. The van der Waals surface area contributed by atoms with E-state index < -0.39 is 28.7 Å². The maximum absolute atomic E-state index is 12.8. The van der Waals surface area contributed by atoms with Crippen molar-refractivity contribution in [3.63, 3.8) is 0 Å². The lowest BCUT2D eigenvalue weighted by Crippen LogP contribution is -2.55. The summed E-state index contributed by atoms with van der Waals surface area (Å²) in [5.41, 5.74) is -1.42. The van der Waals surface area contributed by atoms with E-state index in [2.05, 4.69) is 0 Å². The summed E-state index contributed by atoms with van der Waals surface area (Å²) in [6, 6.07) is 0. The lowest BCUT2D eigenvalue weighted by Gasteiger charge is -2.54. The summed E-state index contributed by atoms with van der Waals surface area (Å²) in [7, 11) is 3.91. The van der Waals surface area contributed by atoms with Crippen molar-refractivity contribution in [3.8, 4) is 0 Å². The lowest BCUT2D eigenvalue weighted by atomic mass is 9.54. The van der Waals surface area contributed by atoms with Crippen molar-refractivity contribution in [2.24, 2.45) is 10.8 Å². The Hall–Kier alpha value is -0.810. The molecule has 0 aromatic carbocycles. The quantitative estimate of drug-likeness (QED) is 0.853. The van der Waals surface area contributed by atoms with Crippen LogP contribution in [0.5, 0.6) is 0 Å². The summed E-state index contributed by atoms with van der Waals surface area (Å²) < 4.78 is 38.5. The minimum absolute atomic E-state index is 0.323. The zero-order valence-corrected chi connectivity index (χ0v) is 13.6. The van der Waals surface area contributed by atoms with E-state index in [1.807, 2.05) is 25.9 Å². The molecule has 2 aliphatic rings. The van der Waals surface area contributed by atoms with E-state index in [4.69, 9.17) is 0 Å². The lowest BCUT2D eigenvalue weighted by molar-refractivity contribution is -0.0978. The minimum Gasteiger partial charge on any atom is -0.392 e. The minimum atomic E-state index is -4.29. The smallest absolute Gasteiger partial charge is 0.392 e. The van der Waals surface area contributed by atoms with Gasteiger partial charge in [0.15, 0.2) is 0 Å². The number of rotatable bonds is 3. The van der Waals surface area contributed by atoms with Crippen LogP contribution in [0.1, 0.15) is 39.0 Å². The summed E-state index contributed by atoms with van der Waals surface area (Å²) in [6.45, 7) is 2.68. The zero-order chi connectivity index (χ0) is 16.6. The molecule has 3 atom stereocenters. The van der Waals surface area contributed by atoms with Crippen molar-refractivity contribution >= 4 is 0 Å². The van der Waals surface area contributed by atoms with Crippen molar-refractivity contribution in [1.29, 1.82) is 0 Å². The first-order chi connectivity index (χ1) is 10.1. The summed E-state index contributed by atoms with van der Waals surface area (Å²) in [5, 5.41) is 10.7. The molecular weight excluding hydrogens is 291 g/mol. The summed E-state index contributed by atoms with van der Waals surface area (Å²) in [4.78, 5) is 2.04. The molecule has 1 unspecified atom stereocenters. The topological polar surface area (TPSA) is 23.5 Å². The first kappa shape index (κ1) is 17.5. The van der Waals surface area contributed by atoms with Crippen LogP contribution in [0.2, 0.25) is 0 Å². The van der Waals surface area contributed by atoms with E-state index in [0.29, 0.717) is 13.0 Å². The van der Waals surface area contributed by atoms with Gasteiger partial charge in [-0.3, -0.25) is 0 Å². The van der Waals surface area contributed by atoms with Gasteiger partial charge in [-0.15, -0.1) is 0 Å². The average Bonchev–Trinajstić information content (AvgIpc) is 2.40. The largest absolute Gasteiger partial charge is 0.416 e. The highest BCUT2D eigenvalue weighted by atomic mass is 19.4. The molecule has 5 heteroatoms. The Kier molecular flexibility index (Phi) is 4.79. The van der Waals surface area contributed by atoms with Gasteiger partial charge in [0.25, 0.3) is 0 Å². The third-order valence-electron chi connectivity index (χ3n) is 5.43. The second kappa shape index (κ2) is 6.00. The maximum Gasteiger partial charge on any atom is 0.416 e. The SMILES string of the molecule is CN(C)C[C@]1(C2(C)C=CC(C(F)(F)F)=CC2)CCCC[C@@H]1O. The first-order valence-electron chi connectivity index (χ1n) is 7.90. The van der Waals surface area contributed by atoms with Gasteiger partial charge in [0.1, 0.15) is 0 Å². The van der Waals surface area contributed by atoms with Crippen LogP contribution < -0.4 is 0 Å². The number of aliphatic hydroxyl groups excluding tert-OH is 1. The van der Waals surface area contributed by atoms with Gasteiger partial charge in [-0.2, -0.15) is 13.2 Å². The zero-order valence-electron chi connectivity index (χ0n) is 13.6. The highest BCUT2D eigenvalue weighted by Crippen LogP contribution is 2.55. The van der Waals surface area contributed by atoms with Crippen LogP contribution in [0.4, 0.5) is 13.2 Å². The molecule has 22 heavy (non-hydrogen) atoms. The fourth-order valence-electron chi connectivity index (χ4n) is 4.13. The van der Waals surface area contributed by atoms with Crippen molar-refractivity contribution in [2.45, 2.75) is 51.3 Å². The molecule has 0 bridgehead atoms. The first-order valence-corrected chi connectivity index (χ1v) is 7.90. The summed E-state index contributed by atoms with van der Waals surface area (Å²) in [6.07, 6.45) is 3.31. The van der Waals surface area contributed by atoms with Gasteiger partial charge in [-0.1, -0.05) is 38.0 Å². The van der Waals surface area contributed by atoms with Gasteiger partial charge in [-0.25, -0.2) is 0 Å². The second-order valence-electron chi connectivity index (χ2n) is 7.27. The molecule has 0 heterocycles. The number of allylic oxidation sites excluding steroid dienone is 4. The van der Waals surface area contributed by atoms with Crippen LogP contribution in [0.15, 0.2) is 23.8 Å². The number of nitrogens with zero attached hydrogens (tertiary/aromatic N) is 1. The fourth-order valence-corrected chi connectivity index (χ4v) is 4.13. The van der Waals surface area contributed by atoms with E-state index in [1.165, 1.54) is 12.2 Å². The third kappa shape index (κ3) is 3.11. The summed E-state index contributed by atoms with van der Waals surface area (Å²) >= 11 is 0. The number of alkyl halides is 3. The fraction of sp³-hybridized carbons (Fsp3) is 0.765. The Morgan fingerprint density at radius 1 is 1.32 bits per heavy atom. The molecular formula is C17H26F3NO. The second-order valence-corrected chi connectivity index (χ2v) is 7.27. The Morgan fingerprint density at radius 3 is 2.45 bits per heavy atom. The Labute approximate surface area is 130 Å². The van der Waals surface area contributed by atoms with Crippen LogP contribution in [0.3, 0.4) is 0 Å². The van der Waals surface area contributed by atoms with E-state index in [9.17, 15) is 18.3 Å². The molecule has 2 aliphatic carbocycles. The molecule has 0 aromatic rings. The molecule has 0 spiro atoms. The van der Waals surface area contributed by atoms with Crippen LogP contribution in [0.25, 0.3) is 0 Å². The van der Waals surface area contributed by atoms with E-state index in [1.54, 1.807) is 6.08 Å². The average molecular weight is 317 g/mol. The Balaban J connectivity index is 2.33. The van der Waals surface area contributed by atoms with Crippen molar-refractivity contribution in [2.75, 3.05) is 20.6 Å². The number of halogens is 3. The molecule has 1 N–H and O–H groups in total. The van der Waals surface area contributed by atoms with Crippen molar-refractivity contribution in [3.05, 3.63) is 23.8 Å². The van der Waals surface area contributed by atoms with Gasteiger partial charge in [-0.05, 0) is 38.8 Å². The molecule has 0 saturated heterocycles. The number of hydrogen-bond donors (Lipinski definition) is 1. The normalized spacial score (nSPS) is 36.5. The van der Waals surface area contributed by atoms with E-state index in [0.717, 1.165) is 25.7 Å². The standard InChI is InChI=1S/C17H26F3NO/c1-15(10-7-13(8-11-15)17(18,19)20)16(12-21(2)3)9-5-4-6-14(16)22/h7-8,10,14,22H,4-6,9,11-12H2,1-3H3/t14-,15?,16+/m0/s1. The molecule has 2 rings (SSSR count). The van der Waals surface area contributed by atoms with Gasteiger partial charge in [0.05, 0.1) is 11.7 Å². The highest BCUT2D eigenvalue weighted by Gasteiger charge is 2.53. The summed E-state index contributed by atoms with van der Waals surface area (Å²) in [5.74, 6) is 0. The van der Waals surface area contributed by atoms with Gasteiger partial charge >= 0.3 is 6.18 Å². The number of aliphatic hydroxyl groups is 1. The molecule has 0 amide bonds. The van der Waals surface area contributed by atoms with Gasteiger partial charge in [0, 0.05) is 12.0 Å². The molecule has 126 valence electrons. The molecule has 0 radical (unpaired) electrons. The number of hydrogen-bond acceptors (Lipinski definition) is 2. The van der Waals surface area contributed by atoms with E-state index >= 15 is 0 Å². The van der Waals surface area contributed by atoms with Gasteiger partial charge < -0.3 is 10.0 Å². The van der Waals surface area contributed by atoms with E-state index in [-0.39, 0.29) is 0 Å². The van der Waals surface area contributed by atoms with Crippen LogP contribution in [-0.2, 0) is 0 Å². The molecule has 1 fully saturated rings.